The Balaban J connectivity index is 1.99. The molecule has 0 spiro atoms. The second-order valence-electron chi connectivity index (χ2n) is 5.07. The number of amides is 1. The summed E-state index contributed by atoms with van der Waals surface area (Å²) in [5, 5.41) is 13.7. The minimum Gasteiger partial charge on any atom is -0.335 e. The number of nitrogens with one attached hydrogen (secondary N) is 1. The minimum atomic E-state index is -0.439. The van der Waals surface area contributed by atoms with Gasteiger partial charge in [-0.15, -0.1) is 0 Å². The molecule has 0 bridgehead atoms. The highest BCUT2D eigenvalue weighted by Gasteiger charge is 2.26. The second kappa shape index (κ2) is 6.99. The molecule has 2 rings (SSSR count). The van der Waals surface area contributed by atoms with E-state index in [1.54, 1.807) is 18.2 Å². The largest absolute Gasteiger partial charge is 0.335 e. The summed E-state index contributed by atoms with van der Waals surface area (Å²) in [6, 6.07) is 6.39. The van der Waals surface area contributed by atoms with E-state index in [0.717, 1.165) is 31.5 Å². The van der Waals surface area contributed by atoms with Gasteiger partial charge >= 0.3 is 0 Å². The van der Waals surface area contributed by atoms with E-state index >= 15 is 0 Å². The first-order valence-corrected chi connectivity index (χ1v) is 6.99. The SMILES string of the molecule is CNCC1CCCN1C(=O)/C=C/c1ccc([N+](=O)[O-])cc1. The monoisotopic (exact) mass is 289 g/mol. The zero-order chi connectivity index (χ0) is 15.2. The molecule has 0 aliphatic carbocycles. The average Bonchev–Trinajstić information content (AvgIpc) is 2.94. The molecule has 1 unspecified atom stereocenters. The van der Waals surface area contributed by atoms with Gasteiger partial charge in [-0.1, -0.05) is 0 Å². The topological polar surface area (TPSA) is 75.5 Å². The molecule has 112 valence electrons. The molecule has 0 radical (unpaired) electrons. The first kappa shape index (κ1) is 15.2. The van der Waals surface area contributed by atoms with Gasteiger partial charge in [-0.3, -0.25) is 14.9 Å². The van der Waals surface area contributed by atoms with Gasteiger partial charge in [-0.25, -0.2) is 0 Å². The van der Waals surface area contributed by atoms with Crippen LogP contribution < -0.4 is 5.32 Å². The predicted molar refractivity (Wildman–Crippen MR) is 80.8 cm³/mol. The molecule has 1 aliphatic heterocycles. The summed E-state index contributed by atoms with van der Waals surface area (Å²) in [7, 11) is 1.88. The molecule has 1 atom stereocenters. The molecule has 6 nitrogen and oxygen atoms in total. The van der Waals surface area contributed by atoms with Crippen molar-refractivity contribution in [3.63, 3.8) is 0 Å². The standard InChI is InChI=1S/C15H19N3O3/c1-16-11-14-3-2-10-17(14)15(19)9-6-12-4-7-13(8-5-12)18(20)21/h4-9,14,16H,2-3,10-11H2,1H3/b9-6+. The maximum absolute atomic E-state index is 12.2. The van der Waals surface area contributed by atoms with Gasteiger partial charge in [-0.05, 0) is 43.7 Å². The Kier molecular flexibility index (Phi) is 5.05. The van der Waals surface area contributed by atoms with E-state index in [-0.39, 0.29) is 17.6 Å². The van der Waals surface area contributed by atoms with Crippen molar-refractivity contribution in [3.05, 3.63) is 46.0 Å². The quantitative estimate of drug-likeness (QED) is 0.509. The zero-order valence-electron chi connectivity index (χ0n) is 12.0. The van der Waals surface area contributed by atoms with Crippen molar-refractivity contribution in [2.75, 3.05) is 20.1 Å². The number of carbonyl (C=O) groups is 1. The van der Waals surface area contributed by atoms with E-state index in [2.05, 4.69) is 5.32 Å². The van der Waals surface area contributed by atoms with E-state index in [1.165, 1.54) is 18.2 Å². The fraction of sp³-hybridized carbons (Fsp3) is 0.400. The summed E-state index contributed by atoms with van der Waals surface area (Å²) in [5.74, 6) is -0.00824. The van der Waals surface area contributed by atoms with Crippen LogP contribution in [0, 0.1) is 10.1 Å². The maximum Gasteiger partial charge on any atom is 0.269 e. The van der Waals surface area contributed by atoms with Crippen LogP contribution in [0.3, 0.4) is 0 Å². The Morgan fingerprint density at radius 1 is 1.48 bits per heavy atom. The normalized spacial score (nSPS) is 18.3. The van der Waals surface area contributed by atoms with Gasteiger partial charge in [0.2, 0.25) is 5.91 Å². The molecule has 0 saturated carbocycles. The molecule has 1 aromatic carbocycles. The summed E-state index contributed by atoms with van der Waals surface area (Å²) in [6.45, 7) is 1.59. The van der Waals surface area contributed by atoms with Gasteiger partial charge in [-0.2, -0.15) is 0 Å². The lowest BCUT2D eigenvalue weighted by Crippen LogP contribution is -2.39. The molecular formula is C15H19N3O3. The van der Waals surface area contributed by atoms with Crippen LogP contribution in [-0.4, -0.2) is 41.9 Å². The first-order chi connectivity index (χ1) is 10.1. The van der Waals surface area contributed by atoms with Crippen LogP contribution in [0.15, 0.2) is 30.3 Å². The van der Waals surface area contributed by atoms with E-state index in [4.69, 9.17) is 0 Å². The molecule has 6 heteroatoms. The van der Waals surface area contributed by atoms with Gasteiger partial charge in [0.25, 0.3) is 5.69 Å². The highest BCUT2D eigenvalue weighted by Crippen LogP contribution is 2.18. The van der Waals surface area contributed by atoms with Crippen LogP contribution in [0.5, 0.6) is 0 Å². The number of hydrogen-bond donors (Lipinski definition) is 1. The third-order valence-electron chi connectivity index (χ3n) is 3.62. The Bertz CT molecular complexity index is 540. The fourth-order valence-corrected chi connectivity index (χ4v) is 2.54. The molecule has 1 aromatic rings. The molecule has 1 fully saturated rings. The van der Waals surface area contributed by atoms with Gasteiger partial charge < -0.3 is 10.2 Å². The molecule has 1 amide bonds. The third kappa shape index (κ3) is 3.88. The van der Waals surface area contributed by atoms with Crippen molar-refractivity contribution >= 4 is 17.7 Å². The highest BCUT2D eigenvalue weighted by atomic mass is 16.6. The van der Waals surface area contributed by atoms with Crippen molar-refractivity contribution in [2.45, 2.75) is 18.9 Å². The average molecular weight is 289 g/mol. The first-order valence-electron chi connectivity index (χ1n) is 6.99. The lowest BCUT2D eigenvalue weighted by Gasteiger charge is -2.23. The number of hydrogen-bond acceptors (Lipinski definition) is 4. The number of nitrogens with zero attached hydrogens (tertiary/aromatic N) is 2. The Hall–Kier alpha value is -2.21. The number of non-ortho nitro benzene ring substituents is 1. The summed E-state index contributed by atoms with van der Waals surface area (Å²) in [5.41, 5.74) is 0.824. The van der Waals surface area contributed by atoms with Crippen LogP contribution in [0.1, 0.15) is 18.4 Å². The number of nitro groups is 1. The molecule has 1 heterocycles. The second-order valence-corrected chi connectivity index (χ2v) is 5.07. The summed E-state index contributed by atoms with van der Waals surface area (Å²) in [6.07, 6.45) is 5.29. The maximum atomic E-state index is 12.2. The van der Waals surface area contributed by atoms with Crippen LogP contribution >= 0.6 is 0 Å². The summed E-state index contributed by atoms with van der Waals surface area (Å²) in [4.78, 5) is 24.2. The van der Waals surface area contributed by atoms with E-state index in [9.17, 15) is 14.9 Å². The minimum absolute atomic E-state index is 0.00824. The van der Waals surface area contributed by atoms with E-state index < -0.39 is 4.92 Å². The molecule has 1 N–H and O–H groups in total. The lowest BCUT2D eigenvalue weighted by atomic mass is 10.2. The lowest BCUT2D eigenvalue weighted by molar-refractivity contribution is -0.384. The Morgan fingerprint density at radius 2 is 2.19 bits per heavy atom. The number of likely N-dealkylation sites (tertiary alicyclic amines) is 1. The van der Waals surface area contributed by atoms with Crippen LogP contribution in [0.4, 0.5) is 5.69 Å². The molecular weight excluding hydrogens is 270 g/mol. The van der Waals surface area contributed by atoms with Crippen LogP contribution in [-0.2, 0) is 4.79 Å². The molecule has 1 saturated heterocycles. The summed E-state index contributed by atoms with van der Waals surface area (Å²) >= 11 is 0. The number of likely N-dealkylation sites (N-methyl/N-ethyl adjacent to an activating group) is 1. The van der Waals surface area contributed by atoms with Crippen molar-refractivity contribution in [1.82, 2.24) is 10.2 Å². The molecule has 1 aliphatic rings. The van der Waals surface area contributed by atoms with E-state index in [0.29, 0.717) is 0 Å². The summed E-state index contributed by atoms with van der Waals surface area (Å²) < 4.78 is 0. The molecule has 0 aromatic heterocycles. The van der Waals surface area contributed by atoms with E-state index in [1.807, 2.05) is 11.9 Å². The number of benzene rings is 1. The third-order valence-corrected chi connectivity index (χ3v) is 3.62. The van der Waals surface area contributed by atoms with Crippen molar-refractivity contribution in [3.8, 4) is 0 Å². The van der Waals surface area contributed by atoms with Gasteiger partial charge in [0, 0.05) is 37.3 Å². The van der Waals surface area contributed by atoms with Crippen LogP contribution in [0.2, 0.25) is 0 Å². The number of carbonyl (C=O) groups excluding carboxylic acids is 1. The van der Waals surface area contributed by atoms with Gasteiger partial charge in [0.15, 0.2) is 0 Å². The Labute approximate surface area is 123 Å². The van der Waals surface area contributed by atoms with Gasteiger partial charge in [0.05, 0.1) is 4.92 Å². The zero-order valence-corrected chi connectivity index (χ0v) is 12.0. The molecule has 21 heavy (non-hydrogen) atoms. The predicted octanol–water partition coefficient (Wildman–Crippen LogP) is 1.82. The highest BCUT2D eigenvalue weighted by molar-refractivity contribution is 5.92. The van der Waals surface area contributed by atoms with Crippen molar-refractivity contribution in [2.24, 2.45) is 0 Å². The number of rotatable bonds is 5. The number of nitro benzene ring substituents is 1. The van der Waals surface area contributed by atoms with Gasteiger partial charge in [0.1, 0.15) is 0 Å². The smallest absolute Gasteiger partial charge is 0.269 e. The Morgan fingerprint density at radius 3 is 2.81 bits per heavy atom. The van der Waals surface area contributed by atoms with Crippen LogP contribution in [0.25, 0.3) is 6.08 Å². The van der Waals surface area contributed by atoms with Crippen molar-refractivity contribution < 1.29 is 9.72 Å². The van der Waals surface area contributed by atoms with Crippen molar-refractivity contribution in [1.29, 1.82) is 0 Å². The fourth-order valence-electron chi connectivity index (χ4n) is 2.54.